The Morgan fingerprint density at radius 3 is 3.05 bits per heavy atom. The predicted molar refractivity (Wildman–Crippen MR) is 71.4 cm³/mol. The number of carboxylic acids is 1. The third-order valence-corrected chi connectivity index (χ3v) is 4.27. The molecule has 2 aliphatic rings. The average molecular weight is 263 g/mol. The summed E-state index contributed by atoms with van der Waals surface area (Å²) in [6, 6.07) is 0. The zero-order valence-electron chi connectivity index (χ0n) is 11.2. The molecular formula is C14H21N3O2. The molecule has 1 unspecified atom stereocenters. The normalized spacial score (nSPS) is 23.1. The fraction of sp³-hybridized carbons (Fsp3) is 0.714. The molecule has 1 atom stereocenters. The van der Waals surface area contributed by atoms with Crippen LogP contribution < -0.4 is 5.32 Å². The first-order chi connectivity index (χ1) is 9.25. The molecule has 5 nitrogen and oxygen atoms in total. The first-order valence-corrected chi connectivity index (χ1v) is 7.28. The molecule has 0 aromatic carbocycles. The van der Waals surface area contributed by atoms with Crippen molar-refractivity contribution in [3.63, 3.8) is 0 Å². The molecule has 0 spiro atoms. The first kappa shape index (κ1) is 12.7. The van der Waals surface area contributed by atoms with Gasteiger partial charge in [0.15, 0.2) is 5.69 Å². The van der Waals surface area contributed by atoms with Gasteiger partial charge in [0, 0.05) is 13.0 Å². The van der Waals surface area contributed by atoms with Gasteiger partial charge in [-0.05, 0) is 51.1 Å². The van der Waals surface area contributed by atoms with Crippen LogP contribution in [-0.4, -0.2) is 33.7 Å². The lowest BCUT2D eigenvalue weighted by molar-refractivity contribution is 0.0689. The third kappa shape index (κ3) is 2.52. The van der Waals surface area contributed by atoms with Gasteiger partial charge in [0.05, 0.1) is 5.69 Å². The fourth-order valence-electron chi connectivity index (χ4n) is 3.30. The SMILES string of the molecule is O=C(O)c1nc(CC2CCCNC2)n2c1CCCC2. The summed E-state index contributed by atoms with van der Waals surface area (Å²) in [5, 5.41) is 12.7. The number of hydrogen-bond donors (Lipinski definition) is 2. The summed E-state index contributed by atoms with van der Waals surface area (Å²) < 4.78 is 2.17. The Kier molecular flexibility index (Phi) is 3.55. The van der Waals surface area contributed by atoms with E-state index in [1.165, 1.54) is 12.8 Å². The minimum atomic E-state index is -0.876. The van der Waals surface area contributed by atoms with Crippen LogP contribution in [0.4, 0.5) is 0 Å². The number of piperidine rings is 1. The molecule has 0 radical (unpaired) electrons. The second-order valence-electron chi connectivity index (χ2n) is 5.65. The Balaban J connectivity index is 1.85. The summed E-state index contributed by atoms with van der Waals surface area (Å²) in [5.74, 6) is 0.711. The molecule has 2 N–H and O–H groups in total. The minimum Gasteiger partial charge on any atom is -0.476 e. The number of rotatable bonds is 3. The first-order valence-electron chi connectivity index (χ1n) is 7.28. The van der Waals surface area contributed by atoms with Gasteiger partial charge in [-0.2, -0.15) is 0 Å². The zero-order valence-corrected chi connectivity index (χ0v) is 11.2. The van der Waals surface area contributed by atoms with Gasteiger partial charge >= 0.3 is 5.97 Å². The number of carboxylic acid groups (broad SMARTS) is 1. The van der Waals surface area contributed by atoms with E-state index >= 15 is 0 Å². The molecular weight excluding hydrogens is 242 g/mol. The average Bonchev–Trinajstić information content (AvgIpc) is 2.79. The second kappa shape index (κ2) is 5.33. The number of hydrogen-bond acceptors (Lipinski definition) is 3. The maximum atomic E-state index is 11.3. The molecule has 3 heterocycles. The molecule has 5 heteroatoms. The number of fused-ring (bicyclic) bond motifs is 1. The predicted octanol–water partition coefficient (Wildman–Crippen LogP) is 1.46. The molecule has 1 fully saturated rings. The Morgan fingerprint density at radius 2 is 2.32 bits per heavy atom. The van der Waals surface area contributed by atoms with E-state index < -0.39 is 5.97 Å². The highest BCUT2D eigenvalue weighted by Gasteiger charge is 2.25. The van der Waals surface area contributed by atoms with E-state index in [1.807, 2.05) is 0 Å². The van der Waals surface area contributed by atoms with Crippen LogP contribution in [0.3, 0.4) is 0 Å². The van der Waals surface area contributed by atoms with E-state index in [4.69, 9.17) is 0 Å². The van der Waals surface area contributed by atoms with Crippen LogP contribution in [0.2, 0.25) is 0 Å². The Hall–Kier alpha value is -1.36. The molecule has 0 bridgehead atoms. The number of carbonyl (C=O) groups is 1. The zero-order chi connectivity index (χ0) is 13.2. The van der Waals surface area contributed by atoms with E-state index in [1.54, 1.807) is 0 Å². The lowest BCUT2D eigenvalue weighted by Gasteiger charge is -2.23. The summed E-state index contributed by atoms with van der Waals surface area (Å²) in [5.41, 5.74) is 1.23. The van der Waals surface area contributed by atoms with Gasteiger partial charge in [-0.25, -0.2) is 9.78 Å². The molecule has 1 saturated heterocycles. The van der Waals surface area contributed by atoms with E-state index in [0.717, 1.165) is 56.8 Å². The van der Waals surface area contributed by atoms with Crippen LogP contribution in [-0.2, 0) is 19.4 Å². The Morgan fingerprint density at radius 1 is 1.42 bits per heavy atom. The molecule has 104 valence electrons. The lowest BCUT2D eigenvalue weighted by Crippen LogP contribution is -2.31. The third-order valence-electron chi connectivity index (χ3n) is 4.27. The minimum absolute atomic E-state index is 0.290. The molecule has 1 aromatic rings. The number of nitrogens with zero attached hydrogens (tertiary/aromatic N) is 2. The van der Waals surface area contributed by atoms with Gasteiger partial charge in [-0.15, -0.1) is 0 Å². The quantitative estimate of drug-likeness (QED) is 0.866. The van der Waals surface area contributed by atoms with Crippen LogP contribution >= 0.6 is 0 Å². The van der Waals surface area contributed by atoms with E-state index in [0.29, 0.717) is 11.6 Å². The van der Waals surface area contributed by atoms with Crippen molar-refractivity contribution in [3.05, 3.63) is 17.2 Å². The molecule has 0 amide bonds. The van der Waals surface area contributed by atoms with Crippen LogP contribution in [0.25, 0.3) is 0 Å². The second-order valence-corrected chi connectivity index (χ2v) is 5.65. The van der Waals surface area contributed by atoms with Crippen LogP contribution in [0.1, 0.15) is 47.7 Å². The molecule has 2 aliphatic heterocycles. The molecule has 0 saturated carbocycles. The maximum absolute atomic E-state index is 11.3. The molecule has 19 heavy (non-hydrogen) atoms. The molecule has 0 aliphatic carbocycles. The standard InChI is InChI=1S/C14H21N3O2/c18-14(19)13-11-5-1-2-7-17(11)12(16-13)8-10-4-3-6-15-9-10/h10,15H,1-9H2,(H,18,19). The van der Waals surface area contributed by atoms with Crippen molar-refractivity contribution in [1.29, 1.82) is 0 Å². The van der Waals surface area contributed by atoms with Gasteiger partial charge in [0.1, 0.15) is 5.82 Å². The van der Waals surface area contributed by atoms with Gasteiger partial charge in [-0.3, -0.25) is 0 Å². The highest BCUT2D eigenvalue weighted by Crippen LogP contribution is 2.24. The van der Waals surface area contributed by atoms with Crippen molar-refractivity contribution in [2.45, 2.75) is 45.1 Å². The van der Waals surface area contributed by atoms with Crippen molar-refractivity contribution in [2.75, 3.05) is 13.1 Å². The molecule has 1 aromatic heterocycles. The van der Waals surface area contributed by atoms with Gasteiger partial charge < -0.3 is 15.0 Å². The van der Waals surface area contributed by atoms with Crippen molar-refractivity contribution < 1.29 is 9.90 Å². The largest absolute Gasteiger partial charge is 0.476 e. The van der Waals surface area contributed by atoms with E-state index in [-0.39, 0.29) is 0 Å². The van der Waals surface area contributed by atoms with Crippen LogP contribution in [0.15, 0.2) is 0 Å². The maximum Gasteiger partial charge on any atom is 0.356 e. The van der Waals surface area contributed by atoms with Gasteiger partial charge in [0.25, 0.3) is 0 Å². The van der Waals surface area contributed by atoms with Crippen molar-refractivity contribution in [1.82, 2.24) is 14.9 Å². The van der Waals surface area contributed by atoms with Crippen molar-refractivity contribution in [3.8, 4) is 0 Å². The van der Waals surface area contributed by atoms with Crippen molar-refractivity contribution in [2.24, 2.45) is 5.92 Å². The van der Waals surface area contributed by atoms with E-state index in [9.17, 15) is 9.90 Å². The number of aromatic carboxylic acids is 1. The van der Waals surface area contributed by atoms with Crippen LogP contribution in [0, 0.1) is 5.92 Å². The Bertz CT molecular complexity index is 475. The highest BCUT2D eigenvalue weighted by molar-refractivity contribution is 5.86. The summed E-state index contributed by atoms with van der Waals surface area (Å²) in [4.78, 5) is 15.7. The summed E-state index contributed by atoms with van der Waals surface area (Å²) in [7, 11) is 0. The van der Waals surface area contributed by atoms with E-state index in [2.05, 4.69) is 14.9 Å². The number of imidazole rings is 1. The smallest absolute Gasteiger partial charge is 0.356 e. The number of nitrogens with one attached hydrogen (secondary N) is 1. The Labute approximate surface area is 113 Å². The number of aromatic nitrogens is 2. The van der Waals surface area contributed by atoms with Gasteiger partial charge in [0.2, 0.25) is 0 Å². The van der Waals surface area contributed by atoms with Crippen molar-refractivity contribution >= 4 is 5.97 Å². The summed E-state index contributed by atoms with van der Waals surface area (Å²) in [6.07, 6.45) is 6.42. The molecule has 3 rings (SSSR count). The van der Waals surface area contributed by atoms with Gasteiger partial charge in [-0.1, -0.05) is 0 Å². The fourth-order valence-corrected chi connectivity index (χ4v) is 3.30. The summed E-state index contributed by atoms with van der Waals surface area (Å²) >= 11 is 0. The lowest BCUT2D eigenvalue weighted by atomic mass is 9.96. The highest BCUT2D eigenvalue weighted by atomic mass is 16.4. The van der Waals surface area contributed by atoms with Crippen LogP contribution in [0.5, 0.6) is 0 Å². The monoisotopic (exact) mass is 263 g/mol. The topological polar surface area (TPSA) is 67.2 Å². The summed E-state index contributed by atoms with van der Waals surface area (Å²) in [6.45, 7) is 3.08.